The maximum atomic E-state index is 13.7. The van der Waals surface area contributed by atoms with Crippen LogP contribution >= 0.6 is 0 Å². The summed E-state index contributed by atoms with van der Waals surface area (Å²) in [6.07, 6.45) is 7.11. The van der Waals surface area contributed by atoms with Gasteiger partial charge >= 0.3 is 0 Å². The maximum Gasteiger partial charge on any atom is 0.251 e. The standard InChI is InChI=1S/C29H38N4O4S/c1-3-21-19-33-13-14-38(36,37)32(2)26-17-22(16-24(21)28(26)33)29(35)31-25(15-20-9-5-4-6-10-20)27(34)18-30-23-11-7-8-12-23/h4-6,9-10,16-17,19,23,25,27,30,34H,3,7-8,11-15,18H2,1-2H3,(H,31,35). The molecule has 0 spiro atoms. The molecule has 5 rings (SSSR count). The van der Waals surface area contributed by atoms with Crippen molar-refractivity contribution in [1.82, 2.24) is 15.2 Å². The van der Waals surface area contributed by atoms with E-state index in [9.17, 15) is 18.3 Å². The van der Waals surface area contributed by atoms with Gasteiger partial charge in [-0.1, -0.05) is 50.1 Å². The van der Waals surface area contributed by atoms with Crippen LogP contribution in [0.4, 0.5) is 5.69 Å². The van der Waals surface area contributed by atoms with Crippen molar-refractivity contribution < 1.29 is 18.3 Å². The van der Waals surface area contributed by atoms with Gasteiger partial charge in [0, 0.05) is 43.3 Å². The van der Waals surface area contributed by atoms with Crippen molar-refractivity contribution in [3.8, 4) is 0 Å². The first-order valence-electron chi connectivity index (χ1n) is 13.7. The van der Waals surface area contributed by atoms with E-state index in [2.05, 4.69) is 17.6 Å². The summed E-state index contributed by atoms with van der Waals surface area (Å²) >= 11 is 0. The number of sulfonamides is 1. The number of aryl methyl sites for hydroxylation is 2. The third kappa shape index (κ3) is 5.46. The van der Waals surface area contributed by atoms with Crippen LogP contribution in [0.2, 0.25) is 0 Å². The Morgan fingerprint density at radius 3 is 2.61 bits per heavy atom. The lowest BCUT2D eigenvalue weighted by molar-refractivity contribution is 0.0825. The average Bonchev–Trinajstić information content (AvgIpc) is 3.55. The number of rotatable bonds is 9. The fourth-order valence-corrected chi connectivity index (χ4v) is 6.92. The highest BCUT2D eigenvalue weighted by molar-refractivity contribution is 7.92. The number of amides is 1. The lowest BCUT2D eigenvalue weighted by Crippen LogP contribution is -2.49. The molecule has 2 aromatic carbocycles. The number of hydrogen-bond acceptors (Lipinski definition) is 5. The molecule has 3 aromatic rings. The summed E-state index contributed by atoms with van der Waals surface area (Å²) in [6.45, 7) is 2.83. The molecule has 2 atom stereocenters. The molecule has 2 heterocycles. The summed E-state index contributed by atoms with van der Waals surface area (Å²) in [6, 6.07) is 13.3. The van der Waals surface area contributed by atoms with E-state index in [0.29, 0.717) is 36.8 Å². The van der Waals surface area contributed by atoms with Gasteiger partial charge in [0.05, 0.1) is 29.1 Å². The number of nitrogens with one attached hydrogen (secondary N) is 2. The Hall–Kier alpha value is -2.88. The van der Waals surface area contributed by atoms with Crippen LogP contribution in [-0.4, -0.2) is 61.5 Å². The number of carbonyl (C=O) groups excluding carboxylic acids is 1. The Bertz CT molecular complexity index is 1400. The number of aromatic nitrogens is 1. The molecule has 2 unspecified atom stereocenters. The summed E-state index contributed by atoms with van der Waals surface area (Å²) in [4.78, 5) is 13.7. The van der Waals surface area contributed by atoms with E-state index in [1.165, 1.54) is 17.1 Å². The van der Waals surface area contributed by atoms with Gasteiger partial charge in [-0.15, -0.1) is 0 Å². The molecule has 0 saturated heterocycles. The molecule has 0 radical (unpaired) electrons. The lowest BCUT2D eigenvalue weighted by atomic mass is 9.99. The van der Waals surface area contributed by atoms with Gasteiger partial charge in [0.15, 0.2) is 0 Å². The molecule has 204 valence electrons. The topological polar surface area (TPSA) is 104 Å². The van der Waals surface area contributed by atoms with Crippen LogP contribution in [0.25, 0.3) is 10.9 Å². The minimum Gasteiger partial charge on any atom is -0.390 e. The molecular formula is C29H38N4O4S. The minimum absolute atomic E-state index is 0.00593. The Labute approximate surface area is 225 Å². The zero-order valence-corrected chi connectivity index (χ0v) is 23.0. The van der Waals surface area contributed by atoms with E-state index in [1.54, 1.807) is 13.1 Å². The highest BCUT2D eigenvalue weighted by Crippen LogP contribution is 2.35. The smallest absolute Gasteiger partial charge is 0.251 e. The second kappa shape index (κ2) is 11.1. The van der Waals surface area contributed by atoms with E-state index >= 15 is 0 Å². The summed E-state index contributed by atoms with van der Waals surface area (Å²) in [5, 5.41) is 18.6. The molecule has 1 aromatic heterocycles. The molecule has 0 bridgehead atoms. The molecule has 1 aliphatic heterocycles. The normalized spacial score (nSPS) is 18.9. The van der Waals surface area contributed by atoms with E-state index in [-0.39, 0.29) is 11.7 Å². The third-order valence-electron chi connectivity index (χ3n) is 8.07. The number of anilines is 1. The lowest BCUT2D eigenvalue weighted by Gasteiger charge is -2.26. The van der Waals surface area contributed by atoms with Gasteiger partial charge in [-0.2, -0.15) is 0 Å². The van der Waals surface area contributed by atoms with Crippen molar-refractivity contribution in [3.63, 3.8) is 0 Å². The Morgan fingerprint density at radius 2 is 1.89 bits per heavy atom. The first-order valence-corrected chi connectivity index (χ1v) is 15.3. The minimum atomic E-state index is -3.50. The van der Waals surface area contributed by atoms with Crippen molar-refractivity contribution >= 4 is 32.5 Å². The van der Waals surface area contributed by atoms with Crippen LogP contribution in [0.1, 0.15) is 54.1 Å². The van der Waals surface area contributed by atoms with Crippen LogP contribution < -0.4 is 14.9 Å². The second-order valence-electron chi connectivity index (χ2n) is 10.6. The van der Waals surface area contributed by atoms with Crippen LogP contribution in [0.15, 0.2) is 48.7 Å². The van der Waals surface area contributed by atoms with E-state index < -0.39 is 22.2 Å². The molecule has 1 aliphatic carbocycles. The first-order chi connectivity index (χ1) is 18.3. The van der Waals surface area contributed by atoms with Gasteiger partial charge < -0.3 is 20.3 Å². The average molecular weight is 539 g/mol. The highest BCUT2D eigenvalue weighted by Gasteiger charge is 2.29. The van der Waals surface area contributed by atoms with Crippen molar-refractivity contribution in [2.45, 2.75) is 70.2 Å². The van der Waals surface area contributed by atoms with Gasteiger partial charge in [-0.05, 0) is 48.9 Å². The number of hydrogen-bond donors (Lipinski definition) is 3. The molecular weight excluding hydrogens is 500 g/mol. The van der Waals surface area contributed by atoms with Crippen molar-refractivity contribution in [3.05, 3.63) is 65.4 Å². The predicted octanol–water partition coefficient (Wildman–Crippen LogP) is 3.22. The highest BCUT2D eigenvalue weighted by atomic mass is 32.2. The largest absolute Gasteiger partial charge is 0.390 e. The second-order valence-corrected chi connectivity index (χ2v) is 12.7. The van der Waals surface area contributed by atoms with Crippen LogP contribution in [-0.2, 0) is 29.4 Å². The van der Waals surface area contributed by atoms with Gasteiger partial charge in [0.2, 0.25) is 10.0 Å². The van der Waals surface area contributed by atoms with Crippen molar-refractivity contribution in [1.29, 1.82) is 0 Å². The van der Waals surface area contributed by atoms with Crippen LogP contribution in [0.3, 0.4) is 0 Å². The van der Waals surface area contributed by atoms with Gasteiger partial charge in [0.25, 0.3) is 5.91 Å². The van der Waals surface area contributed by atoms with Gasteiger partial charge in [-0.3, -0.25) is 9.10 Å². The number of aliphatic hydroxyl groups excluding tert-OH is 1. The fourth-order valence-electron chi connectivity index (χ4n) is 5.78. The SMILES string of the molecule is CCc1cn2c3c(cc(C(=O)NC(Cc4ccccc4)C(O)CNC4CCCC4)cc13)N(C)S(=O)(=O)CC2. The summed E-state index contributed by atoms with van der Waals surface area (Å²) < 4.78 is 29.0. The van der Waals surface area contributed by atoms with E-state index in [4.69, 9.17) is 0 Å². The van der Waals surface area contributed by atoms with E-state index in [1.807, 2.05) is 47.2 Å². The van der Waals surface area contributed by atoms with Crippen LogP contribution in [0.5, 0.6) is 0 Å². The number of aliphatic hydroxyl groups is 1. The van der Waals surface area contributed by atoms with Crippen molar-refractivity contribution in [2.75, 3.05) is 23.7 Å². The van der Waals surface area contributed by atoms with Gasteiger partial charge in [-0.25, -0.2) is 8.42 Å². The molecule has 1 fully saturated rings. The van der Waals surface area contributed by atoms with Gasteiger partial charge in [0.1, 0.15) is 0 Å². The summed E-state index contributed by atoms with van der Waals surface area (Å²) in [5.41, 5.74) is 3.83. The number of nitrogens with zero attached hydrogens (tertiary/aromatic N) is 2. The predicted molar refractivity (Wildman–Crippen MR) is 151 cm³/mol. The van der Waals surface area contributed by atoms with E-state index in [0.717, 1.165) is 41.3 Å². The molecule has 1 saturated carbocycles. The summed E-state index contributed by atoms with van der Waals surface area (Å²) in [7, 11) is -1.95. The molecule has 8 nitrogen and oxygen atoms in total. The fraction of sp³-hybridized carbons (Fsp3) is 0.483. The molecule has 2 aliphatic rings. The Kier molecular flexibility index (Phi) is 7.79. The monoisotopic (exact) mass is 538 g/mol. The zero-order valence-electron chi connectivity index (χ0n) is 22.2. The maximum absolute atomic E-state index is 13.7. The first kappa shape index (κ1) is 26.7. The number of benzene rings is 2. The van der Waals surface area contributed by atoms with Crippen molar-refractivity contribution in [2.24, 2.45) is 0 Å². The Morgan fingerprint density at radius 1 is 1.16 bits per heavy atom. The van der Waals surface area contributed by atoms with Crippen LogP contribution in [0, 0.1) is 0 Å². The molecule has 3 N–H and O–H groups in total. The molecule has 9 heteroatoms. The quantitative estimate of drug-likeness (QED) is 0.388. The molecule has 1 amide bonds. The zero-order chi connectivity index (χ0) is 26.9. The number of carbonyl (C=O) groups is 1. The molecule has 38 heavy (non-hydrogen) atoms. The Balaban J connectivity index is 1.45. The summed E-state index contributed by atoms with van der Waals surface area (Å²) in [5.74, 6) is -0.319. The third-order valence-corrected chi connectivity index (χ3v) is 9.80.